The second-order valence-electron chi connectivity index (χ2n) is 13.3. The van der Waals surface area contributed by atoms with Crippen LogP contribution in [-0.4, -0.2) is 50.0 Å². The summed E-state index contributed by atoms with van der Waals surface area (Å²) in [5.74, 6) is 0.0521. The van der Waals surface area contributed by atoms with Gasteiger partial charge in [-0.2, -0.15) is 40.9 Å². The summed E-state index contributed by atoms with van der Waals surface area (Å²) in [5.41, 5.74) is 9.40. The van der Waals surface area contributed by atoms with Gasteiger partial charge in [0.25, 0.3) is 0 Å². The van der Waals surface area contributed by atoms with Gasteiger partial charge in [-0.15, -0.1) is 0 Å². The molecule has 0 aromatic heterocycles. The maximum absolute atomic E-state index is 11.3. The number of anilines is 1. The molecule has 14 heteroatoms. The number of benzene rings is 6. The second kappa shape index (κ2) is 23.8. The molecule has 0 aliphatic carbocycles. The fraction of sp³-hybridized carbons (Fsp3) is 0.170. The molecule has 61 heavy (non-hydrogen) atoms. The molecular weight excluding hydrogens is 771 g/mol. The Morgan fingerprint density at radius 2 is 0.803 bits per heavy atom. The normalized spacial score (nSPS) is 12.4. The van der Waals surface area contributed by atoms with Crippen LogP contribution >= 0.6 is 0 Å². The number of rotatable bonds is 14. The molecule has 6 aromatic carbocycles. The molecule has 0 bridgehead atoms. The highest BCUT2D eigenvalue weighted by Gasteiger charge is 2.12. The number of carbonyl (C=O) groups excluding carboxylic acids is 3. The van der Waals surface area contributed by atoms with E-state index in [1.807, 2.05) is 104 Å². The molecule has 1 N–H and O–H groups in total. The summed E-state index contributed by atoms with van der Waals surface area (Å²) < 4.78 is 5.37. The minimum Gasteiger partial charge on any atom is -0.396 e. The largest absolute Gasteiger partial charge is 0.396 e. The molecule has 1 saturated heterocycles. The van der Waals surface area contributed by atoms with Crippen molar-refractivity contribution < 1.29 is 24.2 Å². The van der Waals surface area contributed by atoms with Gasteiger partial charge in [0.15, 0.2) is 11.6 Å². The fourth-order valence-corrected chi connectivity index (χ4v) is 5.52. The van der Waals surface area contributed by atoms with Crippen LogP contribution in [0.4, 0.5) is 51.2 Å². The van der Waals surface area contributed by atoms with E-state index in [1.54, 1.807) is 48.5 Å². The zero-order valence-corrected chi connectivity index (χ0v) is 33.9. The van der Waals surface area contributed by atoms with Crippen LogP contribution in [0.1, 0.15) is 46.5 Å². The predicted octanol–water partition coefficient (Wildman–Crippen LogP) is 13.0. The van der Waals surface area contributed by atoms with Gasteiger partial charge in [0.1, 0.15) is 13.5 Å². The van der Waals surface area contributed by atoms with Gasteiger partial charge in [0.05, 0.1) is 52.1 Å². The Balaban J connectivity index is 0.000000222. The van der Waals surface area contributed by atoms with Gasteiger partial charge < -0.3 is 19.5 Å². The third-order valence-corrected chi connectivity index (χ3v) is 8.90. The van der Waals surface area contributed by atoms with Gasteiger partial charge in [-0.3, -0.25) is 9.59 Å². The van der Waals surface area contributed by atoms with E-state index in [0.29, 0.717) is 40.6 Å². The SMILES string of the molecule is C=O.CC(=O)c1ccc(N=Nc2ccc(N=Nc3ccc(CCCO)cc3)cc2)cc1.CC(=O)c1ccc(N=Nc2ccc(N=Nc3ccc(N4CCOC4)cc3)cc2)cc1. The quantitative estimate of drug-likeness (QED) is 0.0842. The summed E-state index contributed by atoms with van der Waals surface area (Å²) in [6.45, 7) is 7.58. The molecule has 6 aromatic rings. The third kappa shape index (κ3) is 14.7. The van der Waals surface area contributed by atoms with Crippen LogP contribution < -0.4 is 4.90 Å². The van der Waals surface area contributed by atoms with Crippen molar-refractivity contribution in [2.75, 3.05) is 31.4 Å². The minimum absolute atomic E-state index is 0.0240. The van der Waals surface area contributed by atoms with Gasteiger partial charge in [-0.05, 0) is 166 Å². The summed E-state index contributed by atoms with van der Waals surface area (Å²) in [6.07, 6.45) is 1.61. The van der Waals surface area contributed by atoms with Crippen molar-refractivity contribution in [3.63, 3.8) is 0 Å². The van der Waals surface area contributed by atoms with E-state index in [0.717, 1.165) is 54.4 Å². The van der Waals surface area contributed by atoms with E-state index >= 15 is 0 Å². The van der Waals surface area contributed by atoms with Crippen LogP contribution in [-0.2, 0) is 16.0 Å². The number of hydrogen-bond donors (Lipinski definition) is 1. The highest BCUT2D eigenvalue weighted by molar-refractivity contribution is 5.94. The first-order chi connectivity index (χ1) is 29.8. The summed E-state index contributed by atoms with van der Waals surface area (Å²) >= 11 is 0. The van der Waals surface area contributed by atoms with Gasteiger partial charge in [0, 0.05) is 30.0 Å². The maximum atomic E-state index is 11.3. The molecule has 14 nitrogen and oxygen atoms in total. The Hall–Kier alpha value is -7.55. The topological polar surface area (TPSA) is 183 Å². The first-order valence-corrected chi connectivity index (χ1v) is 19.3. The first-order valence-electron chi connectivity index (χ1n) is 19.3. The maximum Gasteiger partial charge on any atom is 0.159 e. The minimum atomic E-state index is 0.0240. The number of aliphatic hydroxyl groups is 1. The zero-order valence-electron chi connectivity index (χ0n) is 33.9. The van der Waals surface area contributed by atoms with Crippen molar-refractivity contribution in [2.24, 2.45) is 40.9 Å². The molecule has 1 aliphatic heterocycles. The van der Waals surface area contributed by atoms with Crippen molar-refractivity contribution in [1.82, 2.24) is 0 Å². The van der Waals surface area contributed by atoms with Crippen LogP contribution in [0.15, 0.2) is 187 Å². The number of ether oxygens (including phenoxy) is 1. The summed E-state index contributed by atoms with van der Waals surface area (Å²) in [7, 11) is 0. The summed E-state index contributed by atoms with van der Waals surface area (Å²) in [5, 5.41) is 42.7. The number of aliphatic hydroxyl groups excluding tert-OH is 1. The number of azo groups is 4. The lowest BCUT2D eigenvalue weighted by Gasteiger charge is -2.15. The highest BCUT2D eigenvalue weighted by Crippen LogP contribution is 2.27. The molecule has 0 saturated carbocycles. The Bertz CT molecular complexity index is 2410. The van der Waals surface area contributed by atoms with Crippen LogP contribution in [0.2, 0.25) is 0 Å². The Labute approximate surface area is 354 Å². The standard InChI is InChI=1S/C23H21N5O2.C23H22N4O2.CH2O/c1-17(29)18-2-4-19(5-3-18)24-25-20-6-8-21(9-7-20)26-27-22-10-12-23(13-11-22)28-14-15-30-16-28;1-17(29)19-6-10-21(11-7-19)25-27-23-14-12-22(13-15-23)26-24-20-8-4-18(5-9-20)3-2-16-28;1-2/h2-13H,14-16H2,1H3;4-15,28H,2-3,16H2,1H3;1H2. The smallest absolute Gasteiger partial charge is 0.159 e. The van der Waals surface area contributed by atoms with Gasteiger partial charge >= 0.3 is 0 Å². The van der Waals surface area contributed by atoms with E-state index in [-0.39, 0.29) is 18.2 Å². The predicted molar refractivity (Wildman–Crippen MR) is 236 cm³/mol. The van der Waals surface area contributed by atoms with Crippen molar-refractivity contribution in [3.8, 4) is 0 Å². The molecule has 1 heterocycles. The molecular formula is C47H45N9O5. The van der Waals surface area contributed by atoms with Crippen LogP contribution in [0.3, 0.4) is 0 Å². The Kier molecular flexibility index (Phi) is 17.3. The lowest BCUT2D eigenvalue weighted by atomic mass is 10.1. The van der Waals surface area contributed by atoms with Gasteiger partial charge in [0.2, 0.25) is 0 Å². The molecule has 0 amide bonds. The van der Waals surface area contributed by atoms with Crippen molar-refractivity contribution in [3.05, 3.63) is 162 Å². The van der Waals surface area contributed by atoms with Gasteiger partial charge in [-0.1, -0.05) is 12.1 Å². The third-order valence-electron chi connectivity index (χ3n) is 8.90. The highest BCUT2D eigenvalue weighted by atomic mass is 16.5. The Morgan fingerprint density at radius 3 is 1.08 bits per heavy atom. The summed E-state index contributed by atoms with van der Waals surface area (Å²) in [4.78, 5) is 32.8. The molecule has 0 unspecified atom stereocenters. The lowest BCUT2D eigenvalue weighted by molar-refractivity contribution is -0.0980. The molecule has 0 atom stereocenters. The molecule has 1 aliphatic rings. The number of Topliss-reactive ketones (excluding diaryl/α,β-unsaturated/α-hetero) is 2. The Morgan fingerprint density at radius 1 is 0.508 bits per heavy atom. The molecule has 0 radical (unpaired) electrons. The molecule has 7 rings (SSSR count). The monoisotopic (exact) mass is 815 g/mol. The number of hydrogen-bond acceptors (Lipinski definition) is 14. The average molecular weight is 816 g/mol. The van der Waals surface area contributed by atoms with Crippen molar-refractivity contribution in [2.45, 2.75) is 26.7 Å². The van der Waals surface area contributed by atoms with Crippen LogP contribution in [0.25, 0.3) is 0 Å². The average Bonchev–Trinajstić information content (AvgIpc) is 3.86. The van der Waals surface area contributed by atoms with E-state index in [1.165, 1.54) is 19.4 Å². The van der Waals surface area contributed by atoms with E-state index in [2.05, 4.69) is 45.8 Å². The fourth-order valence-electron chi connectivity index (χ4n) is 5.52. The molecule has 0 spiro atoms. The van der Waals surface area contributed by atoms with Crippen molar-refractivity contribution >= 4 is 69.5 Å². The zero-order chi connectivity index (χ0) is 43.2. The van der Waals surface area contributed by atoms with Gasteiger partial charge in [-0.25, -0.2) is 0 Å². The number of ketones is 2. The summed E-state index contributed by atoms with van der Waals surface area (Å²) in [6, 6.07) is 44.4. The number of aryl methyl sites for hydroxylation is 1. The molecule has 308 valence electrons. The van der Waals surface area contributed by atoms with Crippen LogP contribution in [0, 0.1) is 0 Å². The number of nitrogens with zero attached hydrogens (tertiary/aromatic N) is 9. The first kappa shape index (κ1) is 44.6. The molecule has 1 fully saturated rings. The van der Waals surface area contributed by atoms with E-state index in [4.69, 9.17) is 14.6 Å². The van der Waals surface area contributed by atoms with E-state index in [9.17, 15) is 9.59 Å². The van der Waals surface area contributed by atoms with E-state index < -0.39 is 0 Å². The second-order valence-corrected chi connectivity index (χ2v) is 13.3. The lowest BCUT2D eigenvalue weighted by Crippen LogP contribution is -2.17. The van der Waals surface area contributed by atoms with Crippen LogP contribution in [0.5, 0.6) is 0 Å². The number of carbonyl (C=O) groups is 3. The van der Waals surface area contributed by atoms with Crippen molar-refractivity contribution in [1.29, 1.82) is 0 Å².